The van der Waals surface area contributed by atoms with Crippen LogP contribution in [0.3, 0.4) is 0 Å². The summed E-state index contributed by atoms with van der Waals surface area (Å²) in [5.41, 5.74) is 5.60. The highest BCUT2D eigenvalue weighted by atomic mass is 16.4. The van der Waals surface area contributed by atoms with Gasteiger partial charge in [0.1, 0.15) is 0 Å². The average molecular weight is 200 g/mol. The van der Waals surface area contributed by atoms with Gasteiger partial charge in [0, 0.05) is 6.54 Å². The zero-order valence-electron chi connectivity index (χ0n) is 8.25. The summed E-state index contributed by atoms with van der Waals surface area (Å²) in [6.07, 6.45) is 1.91. The number of amides is 1. The molecule has 1 rings (SSSR count). The molecule has 1 fully saturated rings. The molecule has 0 spiro atoms. The Bertz CT molecular complexity index is 248. The van der Waals surface area contributed by atoms with Crippen LogP contribution in [0.5, 0.6) is 0 Å². The first kappa shape index (κ1) is 11.0. The van der Waals surface area contributed by atoms with Crippen molar-refractivity contribution in [3.05, 3.63) is 0 Å². The third-order valence-corrected chi connectivity index (χ3v) is 2.52. The Balaban J connectivity index is 2.23. The Morgan fingerprint density at radius 2 is 2.14 bits per heavy atom. The van der Waals surface area contributed by atoms with Gasteiger partial charge >= 0.3 is 5.97 Å². The lowest BCUT2D eigenvalue weighted by atomic mass is 10.1. The lowest BCUT2D eigenvalue weighted by Crippen LogP contribution is -2.43. The summed E-state index contributed by atoms with van der Waals surface area (Å²) in [6.45, 7) is 2.68. The van der Waals surface area contributed by atoms with Gasteiger partial charge in [0.2, 0.25) is 5.91 Å². The SMILES string of the molecule is CC1(CNC(=O)C(N)CC(=O)O)CC1. The van der Waals surface area contributed by atoms with Crippen LogP contribution in [0.15, 0.2) is 0 Å². The quantitative estimate of drug-likeness (QED) is 0.568. The molecule has 0 heterocycles. The minimum Gasteiger partial charge on any atom is -0.481 e. The second kappa shape index (κ2) is 3.96. The van der Waals surface area contributed by atoms with Gasteiger partial charge in [0.25, 0.3) is 0 Å². The summed E-state index contributed by atoms with van der Waals surface area (Å²) in [6, 6.07) is -0.935. The van der Waals surface area contributed by atoms with Gasteiger partial charge in [-0.15, -0.1) is 0 Å². The first-order valence-corrected chi connectivity index (χ1v) is 4.68. The fourth-order valence-corrected chi connectivity index (χ4v) is 1.10. The van der Waals surface area contributed by atoms with Crippen LogP contribution >= 0.6 is 0 Å². The molecule has 1 amide bonds. The van der Waals surface area contributed by atoms with Crippen molar-refractivity contribution in [2.45, 2.75) is 32.2 Å². The fourth-order valence-electron chi connectivity index (χ4n) is 1.10. The summed E-state index contributed by atoms with van der Waals surface area (Å²) < 4.78 is 0. The molecule has 1 atom stereocenters. The molecular formula is C9H16N2O3. The smallest absolute Gasteiger partial charge is 0.305 e. The molecule has 80 valence electrons. The van der Waals surface area contributed by atoms with Crippen LogP contribution in [0.4, 0.5) is 0 Å². The molecule has 0 aromatic heterocycles. The highest BCUT2D eigenvalue weighted by Gasteiger charge is 2.37. The molecule has 0 saturated heterocycles. The lowest BCUT2D eigenvalue weighted by molar-refractivity contribution is -0.139. The first-order chi connectivity index (χ1) is 6.43. The van der Waals surface area contributed by atoms with Crippen LogP contribution < -0.4 is 11.1 Å². The van der Waals surface area contributed by atoms with E-state index in [1.54, 1.807) is 0 Å². The molecule has 0 aliphatic heterocycles. The van der Waals surface area contributed by atoms with Crippen molar-refractivity contribution in [2.24, 2.45) is 11.1 Å². The van der Waals surface area contributed by atoms with E-state index in [0.717, 1.165) is 12.8 Å². The van der Waals surface area contributed by atoms with Crippen molar-refractivity contribution < 1.29 is 14.7 Å². The molecule has 0 bridgehead atoms. The minimum atomic E-state index is -1.05. The van der Waals surface area contributed by atoms with Gasteiger partial charge in [-0.25, -0.2) is 0 Å². The van der Waals surface area contributed by atoms with Crippen molar-refractivity contribution >= 4 is 11.9 Å². The fraction of sp³-hybridized carbons (Fsp3) is 0.778. The summed E-state index contributed by atoms with van der Waals surface area (Å²) in [4.78, 5) is 21.5. The van der Waals surface area contributed by atoms with E-state index in [-0.39, 0.29) is 17.7 Å². The first-order valence-electron chi connectivity index (χ1n) is 4.68. The van der Waals surface area contributed by atoms with E-state index in [1.807, 2.05) is 0 Å². The monoisotopic (exact) mass is 200 g/mol. The van der Waals surface area contributed by atoms with Crippen LogP contribution in [-0.2, 0) is 9.59 Å². The number of rotatable bonds is 5. The molecule has 1 saturated carbocycles. The Morgan fingerprint density at radius 1 is 1.57 bits per heavy atom. The van der Waals surface area contributed by atoms with Gasteiger partial charge in [0.05, 0.1) is 12.5 Å². The zero-order valence-corrected chi connectivity index (χ0v) is 8.25. The van der Waals surface area contributed by atoms with Gasteiger partial charge in [-0.1, -0.05) is 6.92 Å². The lowest BCUT2D eigenvalue weighted by Gasteiger charge is -2.13. The Kier molecular flexibility index (Phi) is 3.10. The number of carboxylic acid groups (broad SMARTS) is 1. The van der Waals surface area contributed by atoms with Crippen LogP contribution in [0.25, 0.3) is 0 Å². The molecule has 14 heavy (non-hydrogen) atoms. The number of carbonyl (C=O) groups is 2. The van der Waals surface area contributed by atoms with E-state index >= 15 is 0 Å². The number of carbonyl (C=O) groups excluding carboxylic acids is 1. The molecule has 5 heteroatoms. The topological polar surface area (TPSA) is 92.4 Å². The minimum absolute atomic E-state index is 0.221. The van der Waals surface area contributed by atoms with Gasteiger partial charge in [-0.3, -0.25) is 9.59 Å². The van der Waals surface area contributed by atoms with E-state index in [2.05, 4.69) is 12.2 Å². The predicted octanol–water partition coefficient (Wildman–Crippen LogP) is -0.295. The normalized spacial score (nSPS) is 19.9. The summed E-state index contributed by atoms with van der Waals surface area (Å²) in [7, 11) is 0. The molecule has 1 aliphatic rings. The molecule has 1 unspecified atom stereocenters. The number of nitrogens with one attached hydrogen (secondary N) is 1. The maximum absolute atomic E-state index is 11.3. The number of hydrogen-bond acceptors (Lipinski definition) is 3. The van der Waals surface area contributed by atoms with Crippen molar-refractivity contribution in [1.29, 1.82) is 0 Å². The molecule has 5 nitrogen and oxygen atoms in total. The van der Waals surface area contributed by atoms with Gasteiger partial charge < -0.3 is 16.2 Å². The van der Waals surface area contributed by atoms with Crippen molar-refractivity contribution in [3.8, 4) is 0 Å². The van der Waals surface area contributed by atoms with Crippen LogP contribution in [0, 0.1) is 5.41 Å². The molecular weight excluding hydrogens is 184 g/mol. The summed E-state index contributed by atoms with van der Waals surface area (Å²) >= 11 is 0. The van der Waals surface area contributed by atoms with E-state index in [9.17, 15) is 9.59 Å². The molecule has 0 radical (unpaired) electrons. The zero-order chi connectivity index (χ0) is 10.8. The van der Waals surface area contributed by atoms with E-state index < -0.39 is 12.0 Å². The molecule has 1 aliphatic carbocycles. The Labute approximate surface area is 82.7 Å². The second-order valence-electron chi connectivity index (χ2n) is 4.23. The number of nitrogens with two attached hydrogens (primary N) is 1. The van der Waals surface area contributed by atoms with Crippen molar-refractivity contribution in [1.82, 2.24) is 5.32 Å². The van der Waals surface area contributed by atoms with Gasteiger partial charge in [-0.05, 0) is 18.3 Å². The maximum atomic E-state index is 11.3. The van der Waals surface area contributed by atoms with Crippen molar-refractivity contribution in [3.63, 3.8) is 0 Å². The highest BCUT2D eigenvalue weighted by Crippen LogP contribution is 2.43. The average Bonchev–Trinajstić information content (AvgIpc) is 2.79. The standard InChI is InChI=1S/C9H16N2O3/c1-9(2-3-9)5-11-8(14)6(10)4-7(12)13/h6H,2-5,10H2,1H3,(H,11,14)(H,12,13). The number of carboxylic acids is 1. The van der Waals surface area contributed by atoms with Gasteiger partial charge in [-0.2, -0.15) is 0 Å². The second-order valence-corrected chi connectivity index (χ2v) is 4.23. The summed E-state index contributed by atoms with van der Waals surface area (Å²) in [5, 5.41) is 11.1. The van der Waals surface area contributed by atoms with Gasteiger partial charge in [0.15, 0.2) is 0 Å². The van der Waals surface area contributed by atoms with Crippen LogP contribution in [-0.4, -0.2) is 29.6 Å². The van der Waals surface area contributed by atoms with Crippen LogP contribution in [0.2, 0.25) is 0 Å². The van der Waals surface area contributed by atoms with E-state index in [0.29, 0.717) is 6.54 Å². The van der Waals surface area contributed by atoms with E-state index in [1.165, 1.54) is 0 Å². The largest absolute Gasteiger partial charge is 0.481 e. The third-order valence-electron chi connectivity index (χ3n) is 2.52. The molecule has 0 aromatic rings. The third kappa shape index (κ3) is 3.33. The number of aliphatic carboxylic acids is 1. The predicted molar refractivity (Wildman–Crippen MR) is 50.6 cm³/mol. The van der Waals surface area contributed by atoms with Crippen LogP contribution in [0.1, 0.15) is 26.2 Å². The number of hydrogen-bond donors (Lipinski definition) is 3. The Hall–Kier alpha value is -1.10. The highest BCUT2D eigenvalue weighted by molar-refractivity contribution is 5.85. The maximum Gasteiger partial charge on any atom is 0.305 e. The Morgan fingerprint density at radius 3 is 2.57 bits per heavy atom. The van der Waals surface area contributed by atoms with Crippen molar-refractivity contribution in [2.75, 3.05) is 6.54 Å². The van der Waals surface area contributed by atoms with E-state index in [4.69, 9.17) is 10.8 Å². The molecule has 4 N–H and O–H groups in total. The summed E-state index contributed by atoms with van der Waals surface area (Å²) in [5.74, 6) is -1.43. The molecule has 0 aromatic carbocycles.